The molecule has 1 aromatic carbocycles. The zero-order valence-electron chi connectivity index (χ0n) is 19.1. The van der Waals surface area contributed by atoms with Gasteiger partial charge in [-0.3, -0.25) is 14.7 Å². The standard InChI is InChI=1S/C26H33ClN4O/c1-29(2)15-16-31(19-25-24(27)7-4-13-28-25)26(32)11-10-21-5-3-6-22-18-30(14-12-23(21)22)17-20-8-9-20/h3-7,10-11,13,20H,8-9,12,14-19H2,1-2H3. The van der Waals surface area contributed by atoms with Gasteiger partial charge in [0, 0.05) is 45.0 Å². The molecule has 1 saturated carbocycles. The van der Waals surface area contributed by atoms with E-state index in [0.717, 1.165) is 43.2 Å². The first-order chi connectivity index (χ1) is 15.5. The fraction of sp³-hybridized carbons (Fsp3) is 0.462. The quantitative estimate of drug-likeness (QED) is 0.537. The highest BCUT2D eigenvalue weighted by atomic mass is 35.5. The van der Waals surface area contributed by atoms with E-state index >= 15 is 0 Å². The molecule has 0 bridgehead atoms. The average Bonchev–Trinajstić information content (AvgIpc) is 3.59. The molecule has 0 unspecified atom stereocenters. The summed E-state index contributed by atoms with van der Waals surface area (Å²) in [4.78, 5) is 24.0. The topological polar surface area (TPSA) is 39.7 Å². The van der Waals surface area contributed by atoms with Gasteiger partial charge in [-0.2, -0.15) is 0 Å². The summed E-state index contributed by atoms with van der Waals surface area (Å²) >= 11 is 6.30. The summed E-state index contributed by atoms with van der Waals surface area (Å²) in [5.74, 6) is 0.898. The Kier molecular flexibility index (Phi) is 7.61. The minimum Gasteiger partial charge on any atom is -0.332 e. The number of rotatable bonds is 9. The van der Waals surface area contributed by atoms with E-state index in [9.17, 15) is 4.79 Å². The Morgan fingerprint density at radius 2 is 2.06 bits per heavy atom. The van der Waals surface area contributed by atoms with E-state index in [1.54, 1.807) is 12.3 Å². The molecule has 0 N–H and O–H groups in total. The van der Waals surface area contributed by atoms with Gasteiger partial charge in [-0.25, -0.2) is 0 Å². The van der Waals surface area contributed by atoms with E-state index in [2.05, 4.69) is 33.0 Å². The molecule has 0 saturated heterocycles. The Morgan fingerprint density at radius 3 is 2.81 bits per heavy atom. The normalized spacial score (nSPS) is 16.5. The van der Waals surface area contributed by atoms with Crippen LogP contribution in [0.15, 0.2) is 42.6 Å². The smallest absolute Gasteiger partial charge is 0.246 e. The number of amides is 1. The third-order valence-electron chi connectivity index (χ3n) is 6.30. The van der Waals surface area contributed by atoms with Gasteiger partial charge in [0.2, 0.25) is 5.91 Å². The summed E-state index contributed by atoms with van der Waals surface area (Å²) < 4.78 is 0. The maximum Gasteiger partial charge on any atom is 0.246 e. The van der Waals surface area contributed by atoms with E-state index in [0.29, 0.717) is 18.1 Å². The minimum absolute atomic E-state index is 0.0163. The first-order valence-corrected chi connectivity index (χ1v) is 11.9. The first-order valence-electron chi connectivity index (χ1n) is 11.5. The molecule has 6 heteroatoms. The second-order valence-electron chi connectivity index (χ2n) is 9.24. The van der Waals surface area contributed by atoms with Crippen LogP contribution in [0, 0.1) is 5.92 Å². The van der Waals surface area contributed by atoms with Crippen LogP contribution in [0.2, 0.25) is 5.02 Å². The summed E-state index contributed by atoms with van der Waals surface area (Å²) in [6.07, 6.45) is 9.24. The van der Waals surface area contributed by atoms with Crippen molar-refractivity contribution in [3.63, 3.8) is 0 Å². The molecule has 170 valence electrons. The predicted molar refractivity (Wildman–Crippen MR) is 130 cm³/mol. The number of halogens is 1. The molecule has 1 aromatic heterocycles. The fourth-order valence-electron chi connectivity index (χ4n) is 4.24. The van der Waals surface area contributed by atoms with Gasteiger partial charge in [0.25, 0.3) is 0 Å². The highest BCUT2D eigenvalue weighted by molar-refractivity contribution is 6.31. The lowest BCUT2D eigenvalue weighted by Gasteiger charge is -2.29. The van der Waals surface area contributed by atoms with Crippen molar-refractivity contribution in [2.45, 2.75) is 32.4 Å². The lowest BCUT2D eigenvalue weighted by Crippen LogP contribution is -2.35. The van der Waals surface area contributed by atoms with Gasteiger partial charge in [-0.05, 0) is 74.2 Å². The van der Waals surface area contributed by atoms with Crippen molar-refractivity contribution in [3.05, 3.63) is 70.0 Å². The lowest BCUT2D eigenvalue weighted by molar-refractivity contribution is -0.126. The van der Waals surface area contributed by atoms with E-state index < -0.39 is 0 Å². The molecule has 2 aromatic rings. The number of fused-ring (bicyclic) bond motifs is 1. The highest BCUT2D eigenvalue weighted by Crippen LogP contribution is 2.32. The molecule has 2 heterocycles. The predicted octanol–water partition coefficient (Wildman–Crippen LogP) is 4.11. The van der Waals surface area contributed by atoms with Crippen LogP contribution in [0.3, 0.4) is 0 Å². The molecule has 2 aliphatic rings. The molecule has 0 spiro atoms. The summed E-state index contributed by atoms with van der Waals surface area (Å²) in [7, 11) is 4.02. The van der Waals surface area contributed by atoms with Crippen molar-refractivity contribution in [3.8, 4) is 0 Å². The minimum atomic E-state index is -0.0163. The molecular weight excluding hydrogens is 420 g/mol. The van der Waals surface area contributed by atoms with Gasteiger partial charge >= 0.3 is 0 Å². The van der Waals surface area contributed by atoms with E-state index in [1.807, 2.05) is 37.2 Å². The molecule has 4 rings (SSSR count). The van der Waals surface area contributed by atoms with Gasteiger partial charge in [0.05, 0.1) is 17.3 Å². The van der Waals surface area contributed by atoms with Gasteiger partial charge in [-0.15, -0.1) is 0 Å². The Hall–Kier alpha value is -2.21. The van der Waals surface area contributed by atoms with E-state index in [-0.39, 0.29) is 5.91 Å². The number of hydrogen-bond donors (Lipinski definition) is 0. The summed E-state index contributed by atoms with van der Waals surface area (Å²) in [5, 5.41) is 0.590. The monoisotopic (exact) mass is 452 g/mol. The number of nitrogens with zero attached hydrogens (tertiary/aromatic N) is 4. The maximum absolute atomic E-state index is 13.1. The Balaban J connectivity index is 1.46. The zero-order chi connectivity index (χ0) is 22.5. The Labute approximate surface area is 196 Å². The number of carbonyl (C=O) groups excluding carboxylic acids is 1. The Morgan fingerprint density at radius 1 is 1.22 bits per heavy atom. The maximum atomic E-state index is 13.1. The van der Waals surface area contributed by atoms with Gasteiger partial charge in [-0.1, -0.05) is 29.8 Å². The molecule has 1 aliphatic carbocycles. The molecule has 1 amide bonds. The summed E-state index contributed by atoms with van der Waals surface area (Å²) in [6.45, 7) is 5.16. The van der Waals surface area contributed by atoms with Crippen LogP contribution in [-0.2, 0) is 24.3 Å². The number of aromatic nitrogens is 1. The average molecular weight is 453 g/mol. The van der Waals surface area contributed by atoms with Crippen LogP contribution in [0.4, 0.5) is 0 Å². The number of pyridine rings is 1. The van der Waals surface area contributed by atoms with Crippen molar-refractivity contribution in [2.75, 3.05) is 40.3 Å². The second kappa shape index (κ2) is 10.6. The van der Waals surface area contributed by atoms with Crippen LogP contribution >= 0.6 is 11.6 Å². The number of hydrogen-bond acceptors (Lipinski definition) is 4. The largest absolute Gasteiger partial charge is 0.332 e. The van der Waals surface area contributed by atoms with E-state index in [4.69, 9.17) is 11.6 Å². The number of likely N-dealkylation sites (N-methyl/N-ethyl adjacent to an activating group) is 1. The third kappa shape index (κ3) is 6.18. The van der Waals surface area contributed by atoms with Crippen LogP contribution in [0.5, 0.6) is 0 Å². The van der Waals surface area contributed by atoms with Crippen molar-refractivity contribution in [2.24, 2.45) is 5.92 Å². The molecule has 1 fully saturated rings. The van der Waals surface area contributed by atoms with Gasteiger partial charge < -0.3 is 9.80 Å². The molecule has 32 heavy (non-hydrogen) atoms. The SMILES string of the molecule is CN(C)CCN(Cc1ncccc1Cl)C(=O)C=Cc1cccc2c1CCN(CC1CC1)C2. The summed E-state index contributed by atoms with van der Waals surface area (Å²) in [6, 6.07) is 10.1. The molecular formula is C26H33ClN4O. The van der Waals surface area contributed by atoms with E-state index in [1.165, 1.54) is 30.5 Å². The second-order valence-corrected chi connectivity index (χ2v) is 9.65. The van der Waals surface area contributed by atoms with Gasteiger partial charge in [0.15, 0.2) is 0 Å². The van der Waals surface area contributed by atoms with Crippen molar-refractivity contribution in [1.29, 1.82) is 0 Å². The van der Waals surface area contributed by atoms with Crippen LogP contribution in [0.25, 0.3) is 6.08 Å². The van der Waals surface area contributed by atoms with Crippen molar-refractivity contribution in [1.82, 2.24) is 19.7 Å². The van der Waals surface area contributed by atoms with Crippen LogP contribution in [0.1, 0.15) is 35.2 Å². The fourth-order valence-corrected chi connectivity index (χ4v) is 4.43. The molecule has 5 nitrogen and oxygen atoms in total. The number of carbonyl (C=O) groups is 1. The van der Waals surface area contributed by atoms with Gasteiger partial charge in [0.1, 0.15) is 0 Å². The number of benzene rings is 1. The van der Waals surface area contributed by atoms with Crippen molar-refractivity contribution >= 4 is 23.6 Å². The van der Waals surface area contributed by atoms with Crippen LogP contribution < -0.4 is 0 Å². The lowest BCUT2D eigenvalue weighted by atomic mass is 9.94. The summed E-state index contributed by atoms with van der Waals surface area (Å²) in [5.41, 5.74) is 4.67. The van der Waals surface area contributed by atoms with Crippen molar-refractivity contribution < 1.29 is 4.79 Å². The first kappa shape index (κ1) is 23.0. The van der Waals surface area contributed by atoms with Crippen LogP contribution in [-0.4, -0.2) is 65.9 Å². The zero-order valence-corrected chi connectivity index (χ0v) is 19.9. The molecule has 0 atom stereocenters. The Bertz CT molecular complexity index is 970. The molecule has 1 aliphatic heterocycles. The highest BCUT2D eigenvalue weighted by Gasteiger charge is 2.26. The third-order valence-corrected chi connectivity index (χ3v) is 6.65. The molecule has 0 radical (unpaired) electrons.